The molecule has 144 valence electrons. The highest BCUT2D eigenvalue weighted by molar-refractivity contribution is 7.80. The molecule has 29 heavy (non-hydrogen) atoms. The summed E-state index contributed by atoms with van der Waals surface area (Å²) in [6.45, 7) is 2.01. The van der Waals surface area contributed by atoms with Gasteiger partial charge in [0.15, 0.2) is 5.11 Å². The van der Waals surface area contributed by atoms with Gasteiger partial charge < -0.3 is 4.42 Å². The first-order valence-electron chi connectivity index (χ1n) is 8.76. The van der Waals surface area contributed by atoms with Crippen LogP contribution in [-0.2, 0) is 9.59 Å². The van der Waals surface area contributed by atoms with E-state index in [0.717, 1.165) is 11.1 Å². The predicted molar refractivity (Wildman–Crippen MR) is 117 cm³/mol. The first-order chi connectivity index (χ1) is 13.9. The van der Waals surface area contributed by atoms with Crippen molar-refractivity contribution in [2.75, 3.05) is 4.90 Å². The summed E-state index contributed by atoms with van der Waals surface area (Å²) in [5, 5.41) is 3.09. The summed E-state index contributed by atoms with van der Waals surface area (Å²) in [5.41, 5.74) is 2.49. The van der Waals surface area contributed by atoms with Gasteiger partial charge in [-0.05, 0) is 61.6 Å². The molecule has 7 heteroatoms. The highest BCUT2D eigenvalue weighted by Crippen LogP contribution is 2.26. The van der Waals surface area contributed by atoms with Crippen LogP contribution in [0.3, 0.4) is 0 Å². The third kappa shape index (κ3) is 3.85. The van der Waals surface area contributed by atoms with Crippen molar-refractivity contribution >= 4 is 52.5 Å². The molecule has 0 saturated carbocycles. The first kappa shape index (κ1) is 19.1. The zero-order valence-electron chi connectivity index (χ0n) is 15.3. The number of hydrogen-bond donors (Lipinski definition) is 1. The van der Waals surface area contributed by atoms with Crippen LogP contribution >= 0.6 is 23.8 Å². The largest absolute Gasteiger partial charge is 0.457 e. The van der Waals surface area contributed by atoms with Crippen molar-refractivity contribution in [2.45, 2.75) is 6.92 Å². The molecule has 4 rings (SSSR count). The van der Waals surface area contributed by atoms with Gasteiger partial charge >= 0.3 is 0 Å². The minimum atomic E-state index is -0.571. The van der Waals surface area contributed by atoms with Crippen LogP contribution in [-0.4, -0.2) is 16.9 Å². The van der Waals surface area contributed by atoms with Gasteiger partial charge in [-0.2, -0.15) is 0 Å². The second kappa shape index (κ2) is 7.66. The maximum Gasteiger partial charge on any atom is 0.270 e. The average molecular weight is 423 g/mol. The van der Waals surface area contributed by atoms with E-state index in [0.29, 0.717) is 22.2 Å². The maximum absolute atomic E-state index is 13.0. The van der Waals surface area contributed by atoms with Crippen LogP contribution in [0.2, 0.25) is 5.02 Å². The summed E-state index contributed by atoms with van der Waals surface area (Å²) in [5.74, 6) is -0.0681. The van der Waals surface area contributed by atoms with Gasteiger partial charge in [0.05, 0.1) is 5.69 Å². The minimum Gasteiger partial charge on any atom is -0.457 e. The summed E-state index contributed by atoms with van der Waals surface area (Å²) in [4.78, 5) is 26.6. The summed E-state index contributed by atoms with van der Waals surface area (Å²) in [6.07, 6.45) is 1.42. The van der Waals surface area contributed by atoms with Crippen LogP contribution in [0, 0.1) is 6.92 Å². The lowest BCUT2D eigenvalue weighted by Gasteiger charge is -2.28. The third-order valence-corrected chi connectivity index (χ3v) is 4.97. The number of anilines is 1. The number of carbonyl (C=O) groups is 2. The molecule has 2 heterocycles. The third-order valence-electron chi connectivity index (χ3n) is 4.44. The Bertz CT molecular complexity index is 1150. The normalized spacial score (nSPS) is 15.7. The smallest absolute Gasteiger partial charge is 0.270 e. The van der Waals surface area contributed by atoms with Gasteiger partial charge in [0.2, 0.25) is 0 Å². The molecule has 2 aromatic carbocycles. The van der Waals surface area contributed by atoms with Gasteiger partial charge in [-0.3, -0.25) is 19.8 Å². The molecule has 0 aliphatic carbocycles. The molecule has 1 fully saturated rings. The van der Waals surface area contributed by atoms with E-state index in [1.54, 1.807) is 36.4 Å². The summed E-state index contributed by atoms with van der Waals surface area (Å²) < 4.78 is 5.82. The number of halogens is 1. The fourth-order valence-electron chi connectivity index (χ4n) is 2.93. The molecule has 1 saturated heterocycles. The summed E-state index contributed by atoms with van der Waals surface area (Å²) in [7, 11) is 0. The average Bonchev–Trinajstić information content (AvgIpc) is 3.16. The zero-order chi connectivity index (χ0) is 20.5. The Morgan fingerprint density at radius 2 is 1.69 bits per heavy atom. The molecule has 0 spiro atoms. The molecule has 1 N–H and O–H groups in total. The molecule has 5 nitrogen and oxygen atoms in total. The van der Waals surface area contributed by atoms with Crippen LogP contribution in [0.5, 0.6) is 0 Å². The Kier molecular flexibility index (Phi) is 5.05. The Morgan fingerprint density at radius 1 is 1.00 bits per heavy atom. The molecule has 1 aliphatic heterocycles. The lowest BCUT2D eigenvalue weighted by molar-refractivity contribution is -0.122. The molecule has 0 atom stereocenters. The Morgan fingerprint density at radius 3 is 2.38 bits per heavy atom. The zero-order valence-corrected chi connectivity index (χ0v) is 16.9. The van der Waals surface area contributed by atoms with Gasteiger partial charge in [0.1, 0.15) is 17.1 Å². The number of nitrogens with zero attached hydrogens (tertiary/aromatic N) is 1. The second-order valence-corrected chi connectivity index (χ2v) is 7.33. The van der Waals surface area contributed by atoms with Gasteiger partial charge in [-0.25, -0.2) is 0 Å². The van der Waals surface area contributed by atoms with Crippen molar-refractivity contribution in [1.82, 2.24) is 5.32 Å². The van der Waals surface area contributed by atoms with E-state index in [1.807, 2.05) is 31.2 Å². The fraction of sp³-hybridized carbons (Fsp3) is 0.0455. The number of benzene rings is 2. The summed E-state index contributed by atoms with van der Waals surface area (Å²) in [6, 6.07) is 18.0. The molecule has 3 aromatic rings. The van der Waals surface area contributed by atoms with E-state index in [-0.39, 0.29) is 10.7 Å². The van der Waals surface area contributed by atoms with Crippen LogP contribution in [0.25, 0.3) is 17.4 Å². The monoisotopic (exact) mass is 422 g/mol. The highest BCUT2D eigenvalue weighted by Gasteiger charge is 2.34. The Labute approximate surface area is 177 Å². The molecule has 2 amide bonds. The number of aryl methyl sites for hydroxylation is 1. The van der Waals surface area contributed by atoms with E-state index in [9.17, 15) is 9.59 Å². The van der Waals surface area contributed by atoms with Crippen molar-refractivity contribution in [2.24, 2.45) is 0 Å². The molecule has 1 aromatic heterocycles. The number of thiocarbonyl (C=S) groups is 1. The van der Waals surface area contributed by atoms with Crippen LogP contribution in [0.1, 0.15) is 11.3 Å². The molecule has 0 bridgehead atoms. The Balaban J connectivity index is 1.66. The molecule has 0 radical (unpaired) electrons. The lowest BCUT2D eigenvalue weighted by atomic mass is 10.1. The predicted octanol–water partition coefficient (Wildman–Crippen LogP) is 4.74. The number of nitrogens with one attached hydrogen (secondary N) is 1. The standard InChI is InChI=1S/C22H15ClN2O3S/c1-13-2-4-14(5-3-13)19-11-10-17(28-19)12-18-20(26)24-22(29)25(21(18)27)16-8-6-15(23)7-9-16/h2-12H,1H3,(H,24,26,29). The molecule has 1 aliphatic rings. The van der Waals surface area contributed by atoms with Crippen LogP contribution in [0.4, 0.5) is 5.69 Å². The van der Waals surface area contributed by atoms with Gasteiger partial charge in [0, 0.05) is 10.6 Å². The number of carbonyl (C=O) groups excluding carboxylic acids is 2. The van der Waals surface area contributed by atoms with Crippen molar-refractivity contribution in [3.63, 3.8) is 0 Å². The SMILES string of the molecule is Cc1ccc(-c2ccc(C=C3C(=O)NC(=S)N(c4ccc(Cl)cc4)C3=O)o2)cc1. The quantitative estimate of drug-likeness (QED) is 0.376. The maximum atomic E-state index is 13.0. The highest BCUT2D eigenvalue weighted by atomic mass is 35.5. The number of amides is 2. The van der Waals surface area contributed by atoms with Crippen molar-refractivity contribution in [3.05, 3.63) is 82.6 Å². The number of hydrogen-bond acceptors (Lipinski definition) is 4. The molecular formula is C22H15ClN2O3S. The van der Waals surface area contributed by atoms with Gasteiger partial charge in [-0.1, -0.05) is 41.4 Å². The molecular weight excluding hydrogens is 408 g/mol. The lowest BCUT2D eigenvalue weighted by Crippen LogP contribution is -2.54. The van der Waals surface area contributed by atoms with E-state index >= 15 is 0 Å². The van der Waals surface area contributed by atoms with Gasteiger partial charge in [0.25, 0.3) is 11.8 Å². The minimum absolute atomic E-state index is 0.0132. The van der Waals surface area contributed by atoms with E-state index < -0.39 is 11.8 Å². The van der Waals surface area contributed by atoms with Crippen molar-refractivity contribution in [1.29, 1.82) is 0 Å². The second-order valence-electron chi connectivity index (χ2n) is 6.50. The van der Waals surface area contributed by atoms with E-state index in [4.69, 9.17) is 28.2 Å². The van der Waals surface area contributed by atoms with Crippen molar-refractivity contribution in [3.8, 4) is 11.3 Å². The fourth-order valence-corrected chi connectivity index (χ4v) is 3.33. The van der Waals surface area contributed by atoms with Gasteiger partial charge in [-0.15, -0.1) is 0 Å². The van der Waals surface area contributed by atoms with Crippen LogP contribution < -0.4 is 10.2 Å². The van der Waals surface area contributed by atoms with E-state index in [1.165, 1.54) is 11.0 Å². The van der Waals surface area contributed by atoms with Crippen molar-refractivity contribution < 1.29 is 14.0 Å². The Hall–Kier alpha value is -3.22. The number of furan rings is 1. The topological polar surface area (TPSA) is 62.6 Å². The van der Waals surface area contributed by atoms with Crippen LogP contribution in [0.15, 0.2) is 70.7 Å². The molecule has 0 unspecified atom stereocenters. The van der Waals surface area contributed by atoms with E-state index in [2.05, 4.69) is 5.32 Å². The number of rotatable bonds is 3. The summed E-state index contributed by atoms with van der Waals surface area (Å²) >= 11 is 11.1. The first-order valence-corrected chi connectivity index (χ1v) is 9.55.